The van der Waals surface area contributed by atoms with Crippen molar-refractivity contribution in [2.75, 3.05) is 13.1 Å². The topological polar surface area (TPSA) is 60.1 Å². The van der Waals surface area contributed by atoms with Crippen molar-refractivity contribution in [2.45, 2.75) is 37.9 Å². The first-order valence-electron chi connectivity index (χ1n) is 9.76. The highest BCUT2D eigenvalue weighted by molar-refractivity contribution is 7.09. The Bertz CT molecular complexity index is 1170. The van der Waals surface area contributed by atoms with Gasteiger partial charge in [0.1, 0.15) is 5.82 Å². The van der Waals surface area contributed by atoms with Gasteiger partial charge in [-0.15, -0.1) is 11.3 Å². The van der Waals surface area contributed by atoms with Crippen LogP contribution in [0.5, 0.6) is 0 Å². The molecule has 0 bridgehead atoms. The lowest BCUT2D eigenvalue weighted by molar-refractivity contribution is 0.298. The molecule has 2 aliphatic heterocycles. The minimum absolute atomic E-state index is 0.175. The van der Waals surface area contributed by atoms with Crippen LogP contribution >= 0.6 is 22.9 Å². The van der Waals surface area contributed by atoms with Gasteiger partial charge in [-0.25, -0.2) is 4.68 Å². The number of rotatable bonds is 4. The van der Waals surface area contributed by atoms with Gasteiger partial charge in [-0.3, -0.25) is 19.1 Å². The van der Waals surface area contributed by atoms with Crippen LogP contribution in [0.3, 0.4) is 0 Å². The largest absolute Gasteiger partial charge is 0.332 e. The second-order valence-electron chi connectivity index (χ2n) is 7.90. The molecular weight excluding hydrogens is 408 g/mol. The van der Waals surface area contributed by atoms with Gasteiger partial charge in [-0.2, -0.15) is 5.10 Å². The molecule has 2 aliphatic rings. The van der Waals surface area contributed by atoms with Crippen LogP contribution < -0.4 is 11.1 Å². The van der Waals surface area contributed by atoms with E-state index >= 15 is 0 Å². The smallest absolute Gasteiger partial charge is 0.298 e. The third-order valence-corrected chi connectivity index (χ3v) is 7.32. The van der Waals surface area contributed by atoms with E-state index in [4.69, 9.17) is 16.7 Å². The van der Waals surface area contributed by atoms with Gasteiger partial charge in [0, 0.05) is 34.9 Å². The number of likely N-dealkylation sites (tertiary alicyclic amines) is 1. The third kappa shape index (κ3) is 3.27. The molecule has 6 nitrogen and oxygen atoms in total. The SMILES string of the molecule is O=c1c(=O)n2c(nn1Cc1cccs1)[C@]1(CCN(Cc3ccccc3Cl)C1)CC2. The van der Waals surface area contributed by atoms with Crippen LogP contribution in [0.25, 0.3) is 0 Å². The Labute approximate surface area is 177 Å². The van der Waals surface area contributed by atoms with Crippen LogP contribution in [-0.4, -0.2) is 32.3 Å². The van der Waals surface area contributed by atoms with Gasteiger partial charge in [0.05, 0.1) is 6.54 Å². The first-order chi connectivity index (χ1) is 14.1. The average molecular weight is 429 g/mol. The highest BCUT2D eigenvalue weighted by atomic mass is 35.5. The molecule has 1 aromatic carbocycles. The van der Waals surface area contributed by atoms with E-state index in [1.807, 2.05) is 35.7 Å². The number of benzene rings is 1. The van der Waals surface area contributed by atoms with Crippen molar-refractivity contribution in [3.8, 4) is 0 Å². The molecule has 0 N–H and O–H groups in total. The summed E-state index contributed by atoms with van der Waals surface area (Å²) in [4.78, 5) is 28.7. The molecule has 1 saturated heterocycles. The minimum Gasteiger partial charge on any atom is -0.298 e. The van der Waals surface area contributed by atoms with E-state index in [0.717, 1.165) is 53.8 Å². The Hall–Kier alpha value is -2.22. The Morgan fingerprint density at radius 3 is 2.66 bits per heavy atom. The molecule has 29 heavy (non-hydrogen) atoms. The molecule has 1 atom stereocenters. The molecule has 0 saturated carbocycles. The van der Waals surface area contributed by atoms with Gasteiger partial charge in [0.2, 0.25) is 0 Å². The molecule has 8 heteroatoms. The zero-order valence-electron chi connectivity index (χ0n) is 15.9. The fraction of sp³-hybridized carbons (Fsp3) is 0.381. The van der Waals surface area contributed by atoms with Crippen LogP contribution in [0.4, 0.5) is 0 Å². The predicted octanol–water partition coefficient (Wildman–Crippen LogP) is 2.72. The van der Waals surface area contributed by atoms with E-state index in [1.54, 1.807) is 15.9 Å². The second-order valence-corrected chi connectivity index (χ2v) is 9.34. The molecule has 0 aliphatic carbocycles. The summed E-state index contributed by atoms with van der Waals surface area (Å²) < 4.78 is 2.95. The predicted molar refractivity (Wildman–Crippen MR) is 114 cm³/mol. The maximum Gasteiger partial charge on any atom is 0.332 e. The van der Waals surface area contributed by atoms with Gasteiger partial charge in [0.25, 0.3) is 0 Å². The summed E-state index contributed by atoms with van der Waals surface area (Å²) >= 11 is 7.90. The Balaban J connectivity index is 1.46. The zero-order chi connectivity index (χ0) is 20.0. The number of nitrogens with zero attached hydrogens (tertiary/aromatic N) is 4. The van der Waals surface area contributed by atoms with Crippen molar-refractivity contribution < 1.29 is 0 Å². The molecule has 0 unspecified atom stereocenters. The molecule has 1 fully saturated rings. The summed E-state index contributed by atoms with van der Waals surface area (Å²) in [6, 6.07) is 11.8. The van der Waals surface area contributed by atoms with Crippen molar-refractivity contribution in [2.24, 2.45) is 0 Å². The van der Waals surface area contributed by atoms with E-state index in [1.165, 1.54) is 4.68 Å². The van der Waals surface area contributed by atoms with E-state index < -0.39 is 11.1 Å². The van der Waals surface area contributed by atoms with Crippen molar-refractivity contribution in [3.05, 3.63) is 83.8 Å². The van der Waals surface area contributed by atoms with Gasteiger partial charge >= 0.3 is 11.1 Å². The van der Waals surface area contributed by atoms with Crippen molar-refractivity contribution in [1.29, 1.82) is 0 Å². The summed E-state index contributed by atoms with van der Waals surface area (Å²) in [5.41, 5.74) is -0.0546. The van der Waals surface area contributed by atoms with Crippen LogP contribution in [0.2, 0.25) is 5.02 Å². The zero-order valence-corrected chi connectivity index (χ0v) is 17.5. The van der Waals surface area contributed by atoms with Crippen molar-refractivity contribution in [1.82, 2.24) is 19.2 Å². The fourth-order valence-corrected chi connectivity index (χ4v) is 5.46. The lowest BCUT2D eigenvalue weighted by atomic mass is 9.85. The van der Waals surface area contributed by atoms with E-state index in [9.17, 15) is 9.59 Å². The first kappa shape index (κ1) is 18.8. The number of hydrogen-bond donors (Lipinski definition) is 0. The second kappa shape index (κ2) is 7.23. The monoisotopic (exact) mass is 428 g/mol. The number of halogens is 1. The summed E-state index contributed by atoms with van der Waals surface area (Å²) in [6.45, 7) is 3.43. The number of fused-ring (bicyclic) bond motifs is 2. The van der Waals surface area contributed by atoms with E-state index in [0.29, 0.717) is 13.1 Å². The molecule has 4 heterocycles. The maximum atomic E-state index is 12.7. The van der Waals surface area contributed by atoms with Gasteiger partial charge < -0.3 is 0 Å². The van der Waals surface area contributed by atoms with E-state index in [-0.39, 0.29) is 5.41 Å². The van der Waals surface area contributed by atoms with E-state index in [2.05, 4.69) is 11.0 Å². The van der Waals surface area contributed by atoms with Gasteiger partial charge in [-0.05, 0) is 42.5 Å². The molecule has 0 radical (unpaired) electrons. The van der Waals surface area contributed by atoms with Crippen molar-refractivity contribution >= 4 is 22.9 Å². The Morgan fingerprint density at radius 2 is 1.86 bits per heavy atom. The Kier molecular flexibility index (Phi) is 4.69. The van der Waals surface area contributed by atoms with Gasteiger partial charge in [0.15, 0.2) is 0 Å². The molecular formula is C21H21ClN4O2S. The molecule has 5 rings (SSSR count). The standard InChI is InChI=1S/C21H21ClN4O2S/c22-17-6-2-1-4-15(17)12-24-9-7-21(14-24)8-10-25-18(27)19(28)26(23-20(21)25)13-16-5-3-11-29-16/h1-6,11H,7-10,12-14H2/t21-/m1/s1. The van der Waals surface area contributed by atoms with Crippen LogP contribution in [0.15, 0.2) is 51.4 Å². The quantitative estimate of drug-likeness (QED) is 0.599. The number of aromatic nitrogens is 3. The van der Waals surface area contributed by atoms with Crippen LogP contribution in [0.1, 0.15) is 29.1 Å². The minimum atomic E-state index is -0.537. The average Bonchev–Trinajstić information content (AvgIpc) is 3.44. The number of hydrogen-bond acceptors (Lipinski definition) is 5. The fourth-order valence-electron chi connectivity index (χ4n) is 4.58. The normalized spacial score (nSPS) is 21.1. The third-order valence-electron chi connectivity index (χ3n) is 6.09. The molecule has 1 spiro atoms. The highest BCUT2D eigenvalue weighted by Gasteiger charge is 2.47. The number of thiophene rings is 1. The van der Waals surface area contributed by atoms with Gasteiger partial charge in [-0.1, -0.05) is 35.9 Å². The maximum absolute atomic E-state index is 12.7. The lowest BCUT2D eigenvalue weighted by Crippen LogP contribution is -2.45. The molecule has 150 valence electrons. The lowest BCUT2D eigenvalue weighted by Gasteiger charge is -2.24. The van der Waals surface area contributed by atoms with Crippen LogP contribution in [-0.2, 0) is 25.0 Å². The summed E-state index contributed by atoms with van der Waals surface area (Å²) in [5, 5.41) is 7.45. The summed E-state index contributed by atoms with van der Waals surface area (Å²) in [6.07, 6.45) is 1.78. The van der Waals surface area contributed by atoms with Crippen LogP contribution in [0, 0.1) is 0 Å². The molecule has 3 aromatic rings. The molecule has 0 amide bonds. The van der Waals surface area contributed by atoms with Crippen molar-refractivity contribution in [3.63, 3.8) is 0 Å². The molecule has 2 aromatic heterocycles. The highest BCUT2D eigenvalue weighted by Crippen LogP contribution is 2.41. The summed E-state index contributed by atoms with van der Waals surface area (Å²) in [5.74, 6) is 0.764. The summed E-state index contributed by atoms with van der Waals surface area (Å²) in [7, 11) is 0. The Morgan fingerprint density at radius 1 is 1.03 bits per heavy atom. The first-order valence-corrected chi connectivity index (χ1v) is 11.0.